The first-order valence-electron chi connectivity index (χ1n) is 6.57. The molecular weight excluding hydrogens is 323 g/mol. The van der Waals surface area contributed by atoms with Crippen LogP contribution in [0.25, 0.3) is 0 Å². The van der Waals surface area contributed by atoms with E-state index < -0.39 is 0 Å². The molecule has 0 unspecified atom stereocenters. The minimum absolute atomic E-state index is 0.247. The van der Waals surface area contributed by atoms with Crippen molar-refractivity contribution in [2.24, 2.45) is 0 Å². The van der Waals surface area contributed by atoms with Crippen LogP contribution in [0, 0.1) is 12.3 Å². The van der Waals surface area contributed by atoms with E-state index in [4.69, 9.17) is 34.4 Å². The molecular formula is C16H14Cl2N2O2. The van der Waals surface area contributed by atoms with Crippen molar-refractivity contribution < 1.29 is 9.53 Å². The van der Waals surface area contributed by atoms with Crippen LogP contribution in [0.3, 0.4) is 0 Å². The number of halogens is 2. The van der Waals surface area contributed by atoms with Crippen molar-refractivity contribution >= 4 is 29.1 Å². The van der Waals surface area contributed by atoms with Crippen molar-refractivity contribution in [3.05, 3.63) is 51.8 Å². The lowest BCUT2D eigenvalue weighted by atomic mass is 10.1. The summed E-state index contributed by atoms with van der Waals surface area (Å²) in [5, 5.41) is 3.38. The fraction of sp³-hybridized carbons (Fsp3) is 0.188. The number of nitrogens with one attached hydrogen (secondary N) is 2. The molecule has 0 spiro atoms. The molecule has 0 aliphatic rings. The number of carbonyl (C=O) groups excluding carboxylic acids is 1. The molecule has 6 heteroatoms. The number of benzene rings is 1. The predicted octanol–water partition coefficient (Wildman–Crippen LogP) is 3.31. The summed E-state index contributed by atoms with van der Waals surface area (Å²) in [6.07, 6.45) is 5.82. The highest BCUT2D eigenvalue weighted by Gasteiger charge is 2.10. The molecule has 0 atom stereocenters. The summed E-state index contributed by atoms with van der Waals surface area (Å²) in [5.74, 6) is 2.88. The smallest absolute Gasteiger partial charge is 0.267 e. The van der Waals surface area contributed by atoms with Crippen LogP contribution in [-0.2, 0) is 6.42 Å². The fourth-order valence-electron chi connectivity index (χ4n) is 1.82. The van der Waals surface area contributed by atoms with Gasteiger partial charge in [-0.2, -0.15) is 0 Å². The molecule has 0 fully saturated rings. The SMILES string of the molecule is C#CCOc1ccc(CCNC(=O)c2cc(Cl)c(Cl)[nH]2)cc1. The molecule has 114 valence electrons. The molecule has 0 radical (unpaired) electrons. The third-order valence-electron chi connectivity index (χ3n) is 2.91. The van der Waals surface area contributed by atoms with Crippen LogP contribution in [0.5, 0.6) is 5.75 Å². The molecule has 0 saturated carbocycles. The van der Waals surface area contributed by atoms with Gasteiger partial charge >= 0.3 is 0 Å². The van der Waals surface area contributed by atoms with E-state index in [1.54, 1.807) is 0 Å². The number of terminal acetylenes is 1. The highest BCUT2D eigenvalue weighted by atomic mass is 35.5. The topological polar surface area (TPSA) is 54.1 Å². The summed E-state index contributed by atoms with van der Waals surface area (Å²) < 4.78 is 5.29. The van der Waals surface area contributed by atoms with E-state index in [1.165, 1.54) is 6.07 Å². The van der Waals surface area contributed by atoms with Crippen LogP contribution in [0.1, 0.15) is 16.1 Å². The van der Waals surface area contributed by atoms with Gasteiger partial charge in [0.1, 0.15) is 23.2 Å². The standard InChI is InChI=1S/C16H14Cl2N2O2/c1-2-9-22-12-5-3-11(4-6-12)7-8-19-16(21)14-10-13(17)15(18)20-14/h1,3-6,10,20H,7-9H2,(H,19,21). The molecule has 1 aromatic heterocycles. The highest BCUT2D eigenvalue weighted by Crippen LogP contribution is 2.21. The van der Waals surface area contributed by atoms with Crippen molar-refractivity contribution in [3.63, 3.8) is 0 Å². The number of aromatic nitrogens is 1. The lowest BCUT2D eigenvalue weighted by Gasteiger charge is -2.06. The molecule has 2 rings (SSSR count). The zero-order chi connectivity index (χ0) is 15.9. The molecule has 1 amide bonds. The van der Waals surface area contributed by atoms with Gasteiger partial charge in [0.2, 0.25) is 0 Å². The summed E-state index contributed by atoms with van der Waals surface area (Å²) in [7, 11) is 0. The Morgan fingerprint density at radius 2 is 2.05 bits per heavy atom. The maximum atomic E-state index is 11.9. The molecule has 0 aliphatic carbocycles. The number of rotatable bonds is 6. The molecule has 0 bridgehead atoms. The molecule has 2 aromatic rings. The van der Waals surface area contributed by atoms with Gasteiger partial charge in [0.25, 0.3) is 5.91 Å². The summed E-state index contributed by atoms with van der Waals surface area (Å²) in [5.41, 5.74) is 1.42. The lowest BCUT2D eigenvalue weighted by molar-refractivity contribution is 0.0950. The zero-order valence-corrected chi connectivity index (χ0v) is 13.2. The first kappa shape index (κ1) is 16.3. The van der Waals surface area contributed by atoms with Gasteiger partial charge in [0.05, 0.1) is 5.02 Å². The Morgan fingerprint density at radius 3 is 2.64 bits per heavy atom. The maximum absolute atomic E-state index is 11.9. The van der Waals surface area contributed by atoms with Crippen LogP contribution in [-0.4, -0.2) is 24.0 Å². The van der Waals surface area contributed by atoms with E-state index >= 15 is 0 Å². The Kier molecular flexibility index (Phi) is 5.76. The van der Waals surface area contributed by atoms with Gasteiger partial charge in [0, 0.05) is 6.54 Å². The van der Waals surface area contributed by atoms with Gasteiger partial charge in [-0.15, -0.1) is 6.42 Å². The van der Waals surface area contributed by atoms with Gasteiger partial charge in [-0.05, 0) is 30.2 Å². The second-order valence-electron chi connectivity index (χ2n) is 4.49. The van der Waals surface area contributed by atoms with E-state index in [0.29, 0.717) is 23.7 Å². The highest BCUT2D eigenvalue weighted by molar-refractivity contribution is 6.41. The normalized spacial score (nSPS) is 10.0. The monoisotopic (exact) mass is 336 g/mol. The average Bonchev–Trinajstić information content (AvgIpc) is 2.86. The van der Waals surface area contributed by atoms with Crippen molar-refractivity contribution in [1.29, 1.82) is 0 Å². The number of ether oxygens (including phenoxy) is 1. The molecule has 2 N–H and O–H groups in total. The average molecular weight is 337 g/mol. The lowest BCUT2D eigenvalue weighted by Crippen LogP contribution is -2.25. The van der Waals surface area contributed by atoms with E-state index in [9.17, 15) is 4.79 Å². The number of carbonyl (C=O) groups is 1. The van der Waals surface area contributed by atoms with Crippen LogP contribution < -0.4 is 10.1 Å². The number of H-pyrrole nitrogens is 1. The van der Waals surface area contributed by atoms with Gasteiger partial charge in [-0.25, -0.2) is 0 Å². The van der Waals surface area contributed by atoms with Gasteiger partial charge < -0.3 is 15.0 Å². The summed E-state index contributed by atoms with van der Waals surface area (Å²) in [6, 6.07) is 9.05. The summed E-state index contributed by atoms with van der Waals surface area (Å²) in [4.78, 5) is 14.6. The number of hydrogen-bond donors (Lipinski definition) is 2. The quantitative estimate of drug-likeness (QED) is 0.795. The fourth-order valence-corrected chi connectivity index (χ4v) is 2.13. The van der Waals surface area contributed by atoms with Gasteiger partial charge in [-0.1, -0.05) is 41.3 Å². The first-order chi connectivity index (χ1) is 10.6. The summed E-state index contributed by atoms with van der Waals surface area (Å²) >= 11 is 11.5. The van der Waals surface area contributed by atoms with Crippen molar-refractivity contribution in [2.75, 3.05) is 13.2 Å². The van der Waals surface area contributed by atoms with Crippen LogP contribution >= 0.6 is 23.2 Å². The molecule has 1 aromatic carbocycles. The number of amides is 1. The van der Waals surface area contributed by atoms with Gasteiger partial charge in [-0.3, -0.25) is 4.79 Å². The summed E-state index contributed by atoms with van der Waals surface area (Å²) in [6.45, 7) is 0.744. The Morgan fingerprint density at radius 1 is 1.32 bits per heavy atom. The first-order valence-corrected chi connectivity index (χ1v) is 7.33. The number of aromatic amines is 1. The minimum Gasteiger partial charge on any atom is -0.481 e. The van der Waals surface area contributed by atoms with Crippen LogP contribution in [0.2, 0.25) is 10.2 Å². The third kappa shape index (κ3) is 4.45. The van der Waals surface area contributed by atoms with Crippen molar-refractivity contribution in [3.8, 4) is 18.1 Å². The number of hydrogen-bond acceptors (Lipinski definition) is 2. The Bertz CT molecular complexity index is 668. The van der Waals surface area contributed by atoms with E-state index in [1.807, 2.05) is 24.3 Å². The zero-order valence-electron chi connectivity index (χ0n) is 11.7. The Hall–Kier alpha value is -2.09. The van der Waals surface area contributed by atoms with Crippen molar-refractivity contribution in [2.45, 2.75) is 6.42 Å². The molecule has 22 heavy (non-hydrogen) atoms. The van der Waals surface area contributed by atoms with E-state index in [2.05, 4.69) is 16.2 Å². The third-order valence-corrected chi connectivity index (χ3v) is 3.61. The predicted molar refractivity (Wildman–Crippen MR) is 87.6 cm³/mol. The molecule has 1 heterocycles. The van der Waals surface area contributed by atoms with E-state index in [-0.39, 0.29) is 17.7 Å². The minimum atomic E-state index is -0.247. The second-order valence-corrected chi connectivity index (χ2v) is 5.27. The molecule has 4 nitrogen and oxygen atoms in total. The largest absolute Gasteiger partial charge is 0.481 e. The van der Waals surface area contributed by atoms with Crippen LogP contribution in [0.4, 0.5) is 0 Å². The molecule has 0 aliphatic heterocycles. The Balaban J connectivity index is 1.81. The van der Waals surface area contributed by atoms with Crippen molar-refractivity contribution in [1.82, 2.24) is 10.3 Å². The Labute approximate surface area is 138 Å². The maximum Gasteiger partial charge on any atom is 0.267 e. The van der Waals surface area contributed by atoms with Gasteiger partial charge in [0.15, 0.2) is 0 Å². The van der Waals surface area contributed by atoms with E-state index in [0.717, 1.165) is 11.3 Å². The second kappa shape index (κ2) is 7.79. The van der Waals surface area contributed by atoms with Crippen LogP contribution in [0.15, 0.2) is 30.3 Å². The molecule has 0 saturated heterocycles.